The second-order valence-corrected chi connectivity index (χ2v) is 7.92. The van der Waals surface area contributed by atoms with Crippen LogP contribution in [-0.2, 0) is 10.0 Å². The first kappa shape index (κ1) is 18.6. The number of sulfonamides is 1. The molecule has 9 heteroatoms. The molecular formula is C15H20ClN5O2S. The number of hydrogen-bond acceptors (Lipinski definition) is 6. The molecule has 1 heterocycles. The number of aromatic nitrogens is 2. The Morgan fingerprint density at radius 3 is 2.58 bits per heavy atom. The van der Waals surface area contributed by atoms with Crippen molar-refractivity contribution in [2.24, 2.45) is 0 Å². The maximum absolute atomic E-state index is 12.6. The van der Waals surface area contributed by atoms with Crippen molar-refractivity contribution in [3.8, 4) is 0 Å². The number of hydrogen-bond donors (Lipinski definition) is 1. The minimum atomic E-state index is -3.56. The molecule has 0 saturated carbocycles. The lowest BCUT2D eigenvalue weighted by Gasteiger charge is -2.19. The lowest BCUT2D eigenvalue weighted by molar-refractivity contribution is 0.358. The third-order valence-corrected chi connectivity index (χ3v) is 5.35. The molecule has 2 aromatic rings. The summed E-state index contributed by atoms with van der Waals surface area (Å²) in [4.78, 5) is 10.2. The molecule has 0 aliphatic carbocycles. The molecule has 0 aliphatic rings. The maximum atomic E-state index is 12.6. The van der Waals surface area contributed by atoms with Gasteiger partial charge < -0.3 is 10.2 Å². The van der Waals surface area contributed by atoms with Crippen LogP contribution >= 0.6 is 11.6 Å². The summed E-state index contributed by atoms with van der Waals surface area (Å²) in [5.74, 6) is 0.304. The Morgan fingerprint density at radius 1 is 1.17 bits per heavy atom. The number of nitrogens with zero attached hydrogens (tertiary/aromatic N) is 4. The normalized spacial score (nSPS) is 11.9. The van der Waals surface area contributed by atoms with Crippen molar-refractivity contribution in [2.45, 2.75) is 4.90 Å². The Morgan fingerprint density at radius 2 is 1.92 bits per heavy atom. The summed E-state index contributed by atoms with van der Waals surface area (Å²) in [6, 6.07) is 8.08. The standard InChI is InChI=1S/C15H20ClN5O2S/c1-20(2)9-10-21(3)24(22,23)13-6-4-5-12(11-13)18-15-17-8-7-14(16)19-15/h4-8,11H,9-10H2,1-3H3,(H,17,18,19). The van der Waals surface area contributed by atoms with Crippen molar-refractivity contribution in [3.05, 3.63) is 41.7 Å². The predicted octanol–water partition coefficient (Wildman–Crippen LogP) is 2.06. The van der Waals surface area contributed by atoms with Crippen LogP contribution in [0.25, 0.3) is 0 Å². The lowest BCUT2D eigenvalue weighted by atomic mass is 10.3. The van der Waals surface area contributed by atoms with Gasteiger partial charge in [0.05, 0.1) is 4.90 Å². The van der Waals surface area contributed by atoms with Crippen LogP contribution in [0.1, 0.15) is 0 Å². The molecule has 1 aromatic carbocycles. The maximum Gasteiger partial charge on any atom is 0.242 e. The molecule has 0 unspecified atom stereocenters. The SMILES string of the molecule is CN(C)CCN(C)S(=O)(=O)c1cccc(Nc2nccc(Cl)n2)c1. The van der Waals surface area contributed by atoms with Crippen LogP contribution in [0.5, 0.6) is 0 Å². The van der Waals surface area contributed by atoms with Gasteiger partial charge in [0, 0.05) is 32.0 Å². The van der Waals surface area contributed by atoms with Gasteiger partial charge in [0.2, 0.25) is 16.0 Å². The van der Waals surface area contributed by atoms with E-state index in [1.807, 2.05) is 19.0 Å². The van der Waals surface area contributed by atoms with Gasteiger partial charge in [0.15, 0.2) is 0 Å². The van der Waals surface area contributed by atoms with Crippen LogP contribution in [0.3, 0.4) is 0 Å². The summed E-state index contributed by atoms with van der Waals surface area (Å²) < 4.78 is 26.6. The Balaban J connectivity index is 2.19. The van der Waals surface area contributed by atoms with Gasteiger partial charge in [-0.05, 0) is 38.4 Å². The molecule has 0 bridgehead atoms. The smallest absolute Gasteiger partial charge is 0.242 e. The molecule has 7 nitrogen and oxygen atoms in total. The third-order valence-electron chi connectivity index (χ3n) is 3.28. The van der Waals surface area contributed by atoms with Crippen molar-refractivity contribution in [3.63, 3.8) is 0 Å². The highest BCUT2D eigenvalue weighted by molar-refractivity contribution is 7.89. The largest absolute Gasteiger partial charge is 0.324 e. The van der Waals surface area contributed by atoms with E-state index in [1.54, 1.807) is 37.4 Å². The van der Waals surface area contributed by atoms with E-state index >= 15 is 0 Å². The van der Waals surface area contributed by atoms with Gasteiger partial charge in [0.1, 0.15) is 5.15 Å². The number of nitrogens with one attached hydrogen (secondary N) is 1. The molecule has 0 saturated heterocycles. The first-order valence-electron chi connectivity index (χ1n) is 7.26. The first-order chi connectivity index (χ1) is 11.3. The van der Waals surface area contributed by atoms with E-state index in [-0.39, 0.29) is 4.90 Å². The second kappa shape index (κ2) is 7.89. The van der Waals surface area contributed by atoms with E-state index in [4.69, 9.17) is 11.6 Å². The van der Waals surface area contributed by atoms with Crippen LogP contribution in [0.2, 0.25) is 5.15 Å². The monoisotopic (exact) mass is 369 g/mol. The van der Waals surface area contributed by atoms with Crippen LogP contribution in [0, 0.1) is 0 Å². The molecular weight excluding hydrogens is 350 g/mol. The zero-order valence-corrected chi connectivity index (χ0v) is 15.3. The minimum absolute atomic E-state index is 0.204. The Kier molecular flexibility index (Phi) is 6.11. The van der Waals surface area contributed by atoms with Gasteiger partial charge in [-0.25, -0.2) is 18.4 Å². The van der Waals surface area contributed by atoms with Crippen molar-refractivity contribution in [2.75, 3.05) is 39.5 Å². The molecule has 1 N–H and O–H groups in total. The highest BCUT2D eigenvalue weighted by Crippen LogP contribution is 2.21. The van der Waals surface area contributed by atoms with Gasteiger partial charge in [-0.2, -0.15) is 4.31 Å². The summed E-state index contributed by atoms with van der Waals surface area (Å²) in [5, 5.41) is 3.25. The Hall–Kier alpha value is -1.74. The number of anilines is 2. The van der Waals surface area contributed by atoms with E-state index in [9.17, 15) is 8.42 Å². The van der Waals surface area contributed by atoms with Gasteiger partial charge >= 0.3 is 0 Å². The quantitative estimate of drug-likeness (QED) is 0.752. The van der Waals surface area contributed by atoms with Crippen LogP contribution < -0.4 is 5.32 Å². The van der Waals surface area contributed by atoms with Crippen LogP contribution in [-0.4, -0.2) is 61.8 Å². The molecule has 0 aliphatic heterocycles. The van der Waals surface area contributed by atoms with Crippen LogP contribution in [0.15, 0.2) is 41.4 Å². The van der Waals surface area contributed by atoms with Gasteiger partial charge in [-0.3, -0.25) is 0 Å². The molecule has 0 fully saturated rings. The average molecular weight is 370 g/mol. The summed E-state index contributed by atoms with van der Waals surface area (Å²) in [7, 11) is 1.81. The fraction of sp³-hybridized carbons (Fsp3) is 0.333. The summed E-state index contributed by atoms with van der Waals surface area (Å²) in [6.07, 6.45) is 1.52. The fourth-order valence-electron chi connectivity index (χ4n) is 1.90. The molecule has 1 aromatic heterocycles. The molecule has 0 spiro atoms. The zero-order valence-electron chi connectivity index (χ0n) is 13.8. The third kappa shape index (κ3) is 4.88. The van der Waals surface area contributed by atoms with Crippen molar-refractivity contribution < 1.29 is 8.42 Å². The fourth-order valence-corrected chi connectivity index (χ4v) is 3.25. The van der Waals surface area contributed by atoms with E-state index in [0.29, 0.717) is 29.9 Å². The first-order valence-corrected chi connectivity index (χ1v) is 9.07. The Labute approximate surface area is 147 Å². The molecule has 0 radical (unpaired) electrons. The Bertz CT molecular complexity index is 798. The van der Waals surface area contributed by atoms with Gasteiger partial charge in [0.25, 0.3) is 0 Å². The molecule has 0 amide bonds. The number of benzene rings is 1. The van der Waals surface area contributed by atoms with Gasteiger partial charge in [-0.15, -0.1) is 0 Å². The topological polar surface area (TPSA) is 78.4 Å². The number of halogens is 1. The molecule has 130 valence electrons. The summed E-state index contributed by atoms with van der Waals surface area (Å²) in [5.41, 5.74) is 0.569. The van der Waals surface area contributed by atoms with Crippen molar-refractivity contribution in [1.29, 1.82) is 0 Å². The second-order valence-electron chi connectivity index (χ2n) is 5.49. The molecule has 2 rings (SSSR count). The number of likely N-dealkylation sites (N-methyl/N-ethyl adjacent to an activating group) is 2. The van der Waals surface area contributed by atoms with Crippen molar-refractivity contribution >= 4 is 33.3 Å². The highest BCUT2D eigenvalue weighted by Gasteiger charge is 2.21. The summed E-state index contributed by atoms with van der Waals surface area (Å²) in [6.45, 7) is 1.05. The van der Waals surface area contributed by atoms with Crippen molar-refractivity contribution in [1.82, 2.24) is 19.2 Å². The van der Waals surface area contributed by atoms with E-state index in [0.717, 1.165) is 0 Å². The van der Waals surface area contributed by atoms with E-state index in [2.05, 4.69) is 15.3 Å². The molecule has 24 heavy (non-hydrogen) atoms. The average Bonchev–Trinajstić information content (AvgIpc) is 2.52. The highest BCUT2D eigenvalue weighted by atomic mass is 35.5. The summed E-state index contributed by atoms with van der Waals surface area (Å²) >= 11 is 5.82. The lowest BCUT2D eigenvalue weighted by Crippen LogP contribution is -2.33. The van der Waals surface area contributed by atoms with Gasteiger partial charge in [-0.1, -0.05) is 17.7 Å². The van der Waals surface area contributed by atoms with Crippen LogP contribution in [0.4, 0.5) is 11.6 Å². The van der Waals surface area contributed by atoms with E-state index in [1.165, 1.54) is 10.5 Å². The van der Waals surface area contributed by atoms with E-state index < -0.39 is 10.0 Å². The molecule has 0 atom stereocenters. The zero-order chi connectivity index (χ0) is 17.7. The minimum Gasteiger partial charge on any atom is -0.324 e. The number of rotatable bonds is 7. The predicted molar refractivity (Wildman–Crippen MR) is 95.1 cm³/mol.